The van der Waals surface area contributed by atoms with Crippen molar-refractivity contribution in [1.29, 1.82) is 0 Å². The Kier molecular flexibility index (Phi) is 3.83. The molecule has 0 bridgehead atoms. The molecule has 1 atom stereocenters. The molecule has 2 fully saturated rings. The first-order valence-corrected chi connectivity index (χ1v) is 7.82. The van der Waals surface area contributed by atoms with Crippen LogP contribution in [0.3, 0.4) is 0 Å². The highest BCUT2D eigenvalue weighted by Crippen LogP contribution is 2.30. The quantitative estimate of drug-likeness (QED) is 0.898. The average Bonchev–Trinajstić information content (AvgIpc) is 3.02. The van der Waals surface area contributed by atoms with Crippen molar-refractivity contribution < 1.29 is 9.21 Å². The highest BCUT2D eigenvalue weighted by Gasteiger charge is 2.36. The second-order valence-electron chi connectivity index (χ2n) is 6.05. The van der Waals surface area contributed by atoms with E-state index in [0.29, 0.717) is 17.8 Å². The van der Waals surface area contributed by atoms with Gasteiger partial charge in [0, 0.05) is 25.0 Å². The van der Waals surface area contributed by atoms with Crippen molar-refractivity contribution >= 4 is 5.91 Å². The molecule has 2 aliphatic rings. The second-order valence-corrected chi connectivity index (χ2v) is 6.05. The van der Waals surface area contributed by atoms with E-state index in [2.05, 4.69) is 12.2 Å². The maximum Gasteiger partial charge on any atom is 0.289 e. The Hall–Kier alpha value is -1.29. The summed E-state index contributed by atoms with van der Waals surface area (Å²) in [4.78, 5) is 14.7. The van der Waals surface area contributed by atoms with Crippen LogP contribution in [0.15, 0.2) is 10.5 Å². The van der Waals surface area contributed by atoms with Crippen LogP contribution in [0.2, 0.25) is 0 Å². The Morgan fingerprint density at radius 1 is 1.45 bits per heavy atom. The molecule has 1 aromatic heterocycles. The van der Waals surface area contributed by atoms with Crippen LogP contribution in [0.25, 0.3) is 0 Å². The number of hydrogen-bond donors (Lipinski definition) is 1. The average molecular weight is 276 g/mol. The monoisotopic (exact) mass is 276 g/mol. The Bertz CT molecular complexity index is 485. The van der Waals surface area contributed by atoms with E-state index in [-0.39, 0.29) is 5.91 Å². The minimum absolute atomic E-state index is 0.0731. The smallest absolute Gasteiger partial charge is 0.289 e. The summed E-state index contributed by atoms with van der Waals surface area (Å²) >= 11 is 0. The van der Waals surface area contributed by atoms with Gasteiger partial charge in [-0.2, -0.15) is 0 Å². The summed E-state index contributed by atoms with van der Waals surface area (Å²) in [6.45, 7) is 5.97. The molecule has 1 aliphatic carbocycles. The second kappa shape index (κ2) is 5.60. The zero-order valence-electron chi connectivity index (χ0n) is 12.4. The van der Waals surface area contributed by atoms with E-state index >= 15 is 0 Å². The highest BCUT2D eigenvalue weighted by molar-refractivity contribution is 5.92. The Balaban J connectivity index is 1.73. The highest BCUT2D eigenvalue weighted by atomic mass is 16.4. The molecule has 0 aromatic carbocycles. The summed E-state index contributed by atoms with van der Waals surface area (Å²) < 4.78 is 5.74. The molecule has 1 aliphatic heterocycles. The topological polar surface area (TPSA) is 45.5 Å². The lowest BCUT2D eigenvalue weighted by atomic mass is 10.2. The van der Waals surface area contributed by atoms with Crippen molar-refractivity contribution in [2.75, 3.05) is 13.1 Å². The van der Waals surface area contributed by atoms with Crippen molar-refractivity contribution in [1.82, 2.24) is 10.2 Å². The molecule has 2 heterocycles. The maximum absolute atomic E-state index is 12.7. The van der Waals surface area contributed by atoms with Gasteiger partial charge in [0.05, 0.1) is 0 Å². The minimum Gasteiger partial charge on any atom is -0.456 e. The van der Waals surface area contributed by atoms with Crippen LogP contribution >= 0.6 is 0 Å². The van der Waals surface area contributed by atoms with Crippen LogP contribution in [0.4, 0.5) is 0 Å². The van der Waals surface area contributed by atoms with Gasteiger partial charge in [0.2, 0.25) is 0 Å². The zero-order chi connectivity index (χ0) is 14.1. The van der Waals surface area contributed by atoms with Gasteiger partial charge in [0.25, 0.3) is 5.91 Å². The summed E-state index contributed by atoms with van der Waals surface area (Å²) in [5.74, 6) is 1.52. The van der Waals surface area contributed by atoms with E-state index in [1.807, 2.05) is 17.9 Å². The number of amides is 1. The van der Waals surface area contributed by atoms with Crippen LogP contribution in [0.5, 0.6) is 0 Å². The van der Waals surface area contributed by atoms with Crippen LogP contribution < -0.4 is 5.32 Å². The number of nitrogens with zero attached hydrogens (tertiary/aromatic N) is 1. The number of aryl methyl sites for hydroxylation is 2. The summed E-state index contributed by atoms with van der Waals surface area (Å²) in [5.41, 5.74) is 1.09. The van der Waals surface area contributed by atoms with Gasteiger partial charge < -0.3 is 14.6 Å². The van der Waals surface area contributed by atoms with Crippen molar-refractivity contribution in [2.24, 2.45) is 0 Å². The van der Waals surface area contributed by atoms with Crippen molar-refractivity contribution in [2.45, 2.75) is 58.0 Å². The fraction of sp³-hybridized carbons (Fsp3) is 0.688. The third-order valence-electron chi connectivity index (χ3n) is 4.38. The first kappa shape index (κ1) is 13.7. The third kappa shape index (κ3) is 2.75. The van der Waals surface area contributed by atoms with Gasteiger partial charge in [0.1, 0.15) is 5.76 Å². The lowest BCUT2D eigenvalue weighted by molar-refractivity contribution is 0.0694. The molecule has 1 aromatic rings. The lowest BCUT2D eigenvalue weighted by Gasteiger charge is -2.25. The molecule has 0 radical (unpaired) electrons. The third-order valence-corrected chi connectivity index (χ3v) is 4.38. The van der Waals surface area contributed by atoms with Crippen molar-refractivity contribution in [3.63, 3.8) is 0 Å². The number of nitrogens with one attached hydrogen (secondary N) is 1. The molecule has 1 amide bonds. The number of carbonyl (C=O) groups excluding carboxylic acids is 1. The molecule has 4 heteroatoms. The molecule has 0 spiro atoms. The van der Waals surface area contributed by atoms with Crippen molar-refractivity contribution in [3.05, 3.63) is 23.2 Å². The van der Waals surface area contributed by atoms with Gasteiger partial charge in [-0.05, 0) is 50.8 Å². The summed E-state index contributed by atoms with van der Waals surface area (Å²) in [6.07, 6.45) is 5.51. The molecular weight excluding hydrogens is 252 g/mol. The molecule has 3 rings (SSSR count). The van der Waals surface area contributed by atoms with E-state index in [4.69, 9.17) is 4.42 Å². The molecular formula is C16H24N2O2. The van der Waals surface area contributed by atoms with E-state index in [9.17, 15) is 4.79 Å². The summed E-state index contributed by atoms with van der Waals surface area (Å²) in [7, 11) is 0. The van der Waals surface area contributed by atoms with E-state index < -0.39 is 0 Å². The SMILES string of the molecule is CCc1oc(C(=O)N(CC2CCCN2)C2CC2)cc1C. The van der Waals surface area contributed by atoms with E-state index in [1.54, 1.807) is 0 Å². The molecule has 110 valence electrons. The normalized spacial score (nSPS) is 22.2. The Morgan fingerprint density at radius 2 is 2.25 bits per heavy atom. The van der Waals surface area contributed by atoms with Gasteiger partial charge in [-0.1, -0.05) is 6.92 Å². The van der Waals surface area contributed by atoms with Crippen LogP contribution in [-0.2, 0) is 6.42 Å². The molecule has 4 nitrogen and oxygen atoms in total. The van der Waals surface area contributed by atoms with Crippen LogP contribution in [0, 0.1) is 6.92 Å². The zero-order valence-corrected chi connectivity index (χ0v) is 12.4. The Morgan fingerprint density at radius 3 is 2.80 bits per heavy atom. The molecule has 1 unspecified atom stereocenters. The number of rotatable bonds is 5. The van der Waals surface area contributed by atoms with Crippen LogP contribution in [-0.4, -0.2) is 36.0 Å². The lowest BCUT2D eigenvalue weighted by Crippen LogP contribution is -2.42. The molecule has 1 saturated carbocycles. The summed E-state index contributed by atoms with van der Waals surface area (Å²) in [6, 6.07) is 2.79. The standard InChI is InChI=1S/C16H24N2O2/c1-3-14-11(2)9-15(20-14)16(19)18(13-6-7-13)10-12-5-4-8-17-12/h9,12-13,17H,3-8,10H2,1-2H3. The first-order chi connectivity index (χ1) is 9.69. The molecule has 1 N–H and O–H groups in total. The minimum atomic E-state index is 0.0731. The largest absolute Gasteiger partial charge is 0.456 e. The van der Waals surface area contributed by atoms with Gasteiger partial charge in [-0.25, -0.2) is 0 Å². The predicted octanol–water partition coefficient (Wildman–Crippen LogP) is 2.51. The molecule has 20 heavy (non-hydrogen) atoms. The molecule has 1 saturated heterocycles. The fourth-order valence-electron chi connectivity index (χ4n) is 3.05. The number of carbonyl (C=O) groups is 1. The maximum atomic E-state index is 12.7. The summed E-state index contributed by atoms with van der Waals surface area (Å²) in [5, 5.41) is 3.48. The first-order valence-electron chi connectivity index (χ1n) is 7.82. The van der Waals surface area contributed by atoms with Gasteiger partial charge in [-0.15, -0.1) is 0 Å². The van der Waals surface area contributed by atoms with E-state index in [0.717, 1.165) is 43.7 Å². The van der Waals surface area contributed by atoms with Crippen molar-refractivity contribution in [3.8, 4) is 0 Å². The predicted molar refractivity (Wildman–Crippen MR) is 77.9 cm³/mol. The van der Waals surface area contributed by atoms with Gasteiger partial charge in [-0.3, -0.25) is 4.79 Å². The fourth-order valence-corrected chi connectivity index (χ4v) is 3.05. The number of hydrogen-bond acceptors (Lipinski definition) is 3. The Labute approximate surface area is 120 Å². The number of furan rings is 1. The van der Waals surface area contributed by atoms with E-state index in [1.165, 1.54) is 12.8 Å². The van der Waals surface area contributed by atoms with Gasteiger partial charge in [0.15, 0.2) is 5.76 Å². The van der Waals surface area contributed by atoms with Crippen LogP contribution in [0.1, 0.15) is 54.5 Å². The van der Waals surface area contributed by atoms with Gasteiger partial charge >= 0.3 is 0 Å².